The van der Waals surface area contributed by atoms with Crippen LogP contribution in [0.3, 0.4) is 0 Å². The first-order valence-corrected chi connectivity index (χ1v) is 8.38. The molecule has 0 saturated heterocycles. The van der Waals surface area contributed by atoms with Crippen LogP contribution >= 0.6 is 11.3 Å². The average molecular weight is 287 g/mol. The summed E-state index contributed by atoms with van der Waals surface area (Å²) in [4.78, 5) is 1.43. The maximum Gasteiger partial charge on any atom is 0.0442 e. The molecule has 0 aliphatic rings. The third kappa shape index (κ3) is 3.71. The third-order valence-corrected chi connectivity index (χ3v) is 4.79. The topological polar surface area (TPSA) is 12.0 Å². The number of thiophene rings is 1. The number of nitrogens with one attached hydrogen (secondary N) is 1. The SMILES string of the molecule is CCc1ccc(C(C)NC(c2cccs2)C(C)C)cc1. The first-order valence-electron chi connectivity index (χ1n) is 7.50. The Hall–Kier alpha value is -1.12. The van der Waals surface area contributed by atoms with Crippen LogP contribution in [0.15, 0.2) is 41.8 Å². The summed E-state index contributed by atoms with van der Waals surface area (Å²) in [6.45, 7) is 9.01. The second kappa shape index (κ2) is 7.05. The lowest BCUT2D eigenvalue weighted by molar-refractivity contribution is 0.379. The molecule has 1 aromatic carbocycles. The molecule has 108 valence electrons. The maximum absolute atomic E-state index is 3.78. The third-order valence-electron chi connectivity index (χ3n) is 3.83. The van der Waals surface area contributed by atoms with E-state index in [2.05, 4.69) is 74.8 Å². The predicted octanol–water partition coefficient (Wildman–Crippen LogP) is 5.36. The summed E-state index contributed by atoms with van der Waals surface area (Å²) in [7, 11) is 0. The smallest absolute Gasteiger partial charge is 0.0442 e. The summed E-state index contributed by atoms with van der Waals surface area (Å²) < 4.78 is 0. The molecular formula is C18H25NS. The van der Waals surface area contributed by atoms with E-state index in [1.165, 1.54) is 16.0 Å². The Balaban J connectivity index is 2.09. The minimum atomic E-state index is 0.371. The summed E-state index contributed by atoms with van der Waals surface area (Å²) >= 11 is 1.84. The molecule has 0 spiro atoms. The van der Waals surface area contributed by atoms with Gasteiger partial charge in [0, 0.05) is 17.0 Å². The summed E-state index contributed by atoms with van der Waals surface area (Å²) in [5.74, 6) is 0.589. The van der Waals surface area contributed by atoms with Gasteiger partial charge >= 0.3 is 0 Å². The molecule has 0 bridgehead atoms. The summed E-state index contributed by atoms with van der Waals surface area (Å²) in [5, 5.41) is 5.94. The van der Waals surface area contributed by atoms with E-state index in [0.29, 0.717) is 18.0 Å². The number of aryl methyl sites for hydroxylation is 1. The molecule has 0 aliphatic heterocycles. The van der Waals surface area contributed by atoms with Gasteiger partial charge in [-0.15, -0.1) is 11.3 Å². The lowest BCUT2D eigenvalue weighted by Crippen LogP contribution is -2.27. The van der Waals surface area contributed by atoms with Crippen LogP contribution in [0.1, 0.15) is 55.8 Å². The molecule has 1 N–H and O–H groups in total. The van der Waals surface area contributed by atoms with Crippen molar-refractivity contribution in [1.82, 2.24) is 5.32 Å². The number of benzene rings is 1. The molecule has 2 rings (SSSR count). The zero-order valence-corrected chi connectivity index (χ0v) is 13.7. The van der Waals surface area contributed by atoms with Gasteiger partial charge in [-0.1, -0.05) is 51.1 Å². The van der Waals surface area contributed by atoms with Gasteiger partial charge in [0.05, 0.1) is 0 Å². The fourth-order valence-corrected chi connectivity index (χ4v) is 3.44. The fourth-order valence-electron chi connectivity index (χ4n) is 2.48. The van der Waals surface area contributed by atoms with Gasteiger partial charge in [-0.3, -0.25) is 0 Å². The van der Waals surface area contributed by atoms with E-state index in [-0.39, 0.29) is 0 Å². The van der Waals surface area contributed by atoms with Crippen molar-refractivity contribution in [2.45, 2.75) is 46.2 Å². The van der Waals surface area contributed by atoms with Gasteiger partial charge in [0.15, 0.2) is 0 Å². The van der Waals surface area contributed by atoms with Gasteiger partial charge in [0.25, 0.3) is 0 Å². The Labute approximate surface area is 127 Å². The minimum Gasteiger partial charge on any atom is -0.302 e. The molecular weight excluding hydrogens is 262 g/mol. The zero-order chi connectivity index (χ0) is 14.5. The molecule has 1 aromatic heterocycles. The lowest BCUT2D eigenvalue weighted by Gasteiger charge is -2.26. The van der Waals surface area contributed by atoms with Crippen LogP contribution in [0, 0.1) is 5.92 Å². The second-order valence-electron chi connectivity index (χ2n) is 5.72. The van der Waals surface area contributed by atoms with E-state index >= 15 is 0 Å². The average Bonchev–Trinajstić information content (AvgIpc) is 2.98. The molecule has 2 atom stereocenters. The quantitative estimate of drug-likeness (QED) is 0.754. The molecule has 2 unspecified atom stereocenters. The number of hydrogen-bond acceptors (Lipinski definition) is 2. The molecule has 0 amide bonds. The van der Waals surface area contributed by atoms with E-state index in [9.17, 15) is 0 Å². The number of hydrogen-bond donors (Lipinski definition) is 1. The van der Waals surface area contributed by atoms with E-state index in [1.54, 1.807) is 0 Å². The Morgan fingerprint density at radius 1 is 1.05 bits per heavy atom. The van der Waals surface area contributed by atoms with Gasteiger partial charge in [-0.2, -0.15) is 0 Å². The van der Waals surface area contributed by atoms with Gasteiger partial charge < -0.3 is 5.32 Å². The van der Waals surface area contributed by atoms with Crippen molar-refractivity contribution >= 4 is 11.3 Å². The van der Waals surface area contributed by atoms with Crippen molar-refractivity contribution < 1.29 is 0 Å². The van der Waals surface area contributed by atoms with Crippen LogP contribution in [0.2, 0.25) is 0 Å². The molecule has 0 radical (unpaired) electrons. The summed E-state index contributed by atoms with van der Waals surface area (Å²) in [6.07, 6.45) is 1.10. The highest BCUT2D eigenvalue weighted by Crippen LogP contribution is 2.28. The highest BCUT2D eigenvalue weighted by Gasteiger charge is 2.19. The first kappa shape index (κ1) is 15.3. The van der Waals surface area contributed by atoms with Gasteiger partial charge in [0.2, 0.25) is 0 Å². The van der Waals surface area contributed by atoms with Crippen LogP contribution in [0.25, 0.3) is 0 Å². The highest BCUT2D eigenvalue weighted by molar-refractivity contribution is 7.10. The minimum absolute atomic E-state index is 0.371. The molecule has 0 saturated carbocycles. The van der Waals surface area contributed by atoms with E-state index in [4.69, 9.17) is 0 Å². The molecule has 2 heteroatoms. The van der Waals surface area contributed by atoms with Crippen molar-refractivity contribution in [2.75, 3.05) is 0 Å². The predicted molar refractivity (Wildman–Crippen MR) is 89.3 cm³/mol. The van der Waals surface area contributed by atoms with Crippen LogP contribution in [-0.2, 0) is 6.42 Å². The standard InChI is InChI=1S/C18H25NS/c1-5-15-8-10-16(11-9-15)14(4)19-18(13(2)3)17-7-6-12-20-17/h6-14,18-19H,5H2,1-4H3. The van der Waals surface area contributed by atoms with Crippen molar-refractivity contribution in [3.63, 3.8) is 0 Å². The van der Waals surface area contributed by atoms with Crippen LogP contribution in [-0.4, -0.2) is 0 Å². The Morgan fingerprint density at radius 3 is 2.25 bits per heavy atom. The summed E-state index contributed by atoms with van der Waals surface area (Å²) in [5.41, 5.74) is 2.77. The van der Waals surface area contributed by atoms with Crippen molar-refractivity contribution in [1.29, 1.82) is 0 Å². The zero-order valence-electron chi connectivity index (χ0n) is 12.9. The van der Waals surface area contributed by atoms with Gasteiger partial charge in [-0.25, -0.2) is 0 Å². The molecule has 2 aromatic rings. The molecule has 0 aliphatic carbocycles. The van der Waals surface area contributed by atoms with E-state index in [0.717, 1.165) is 6.42 Å². The monoisotopic (exact) mass is 287 g/mol. The first-order chi connectivity index (χ1) is 9.61. The largest absolute Gasteiger partial charge is 0.302 e. The molecule has 20 heavy (non-hydrogen) atoms. The second-order valence-corrected chi connectivity index (χ2v) is 6.70. The molecule has 0 fully saturated rings. The number of rotatable bonds is 6. The lowest BCUT2D eigenvalue weighted by atomic mass is 9.99. The Bertz CT molecular complexity index is 499. The van der Waals surface area contributed by atoms with Crippen LogP contribution in [0.5, 0.6) is 0 Å². The van der Waals surface area contributed by atoms with Crippen molar-refractivity contribution in [3.8, 4) is 0 Å². The summed E-state index contributed by atoms with van der Waals surface area (Å²) in [6, 6.07) is 14.1. The fraction of sp³-hybridized carbons (Fsp3) is 0.444. The highest BCUT2D eigenvalue weighted by atomic mass is 32.1. The maximum atomic E-state index is 3.78. The van der Waals surface area contributed by atoms with Crippen molar-refractivity contribution in [3.05, 3.63) is 57.8 Å². The van der Waals surface area contributed by atoms with E-state index in [1.807, 2.05) is 11.3 Å². The van der Waals surface area contributed by atoms with Crippen LogP contribution < -0.4 is 5.32 Å². The van der Waals surface area contributed by atoms with Gasteiger partial charge in [0.1, 0.15) is 0 Å². The van der Waals surface area contributed by atoms with Gasteiger partial charge in [-0.05, 0) is 41.8 Å². The Morgan fingerprint density at radius 2 is 1.75 bits per heavy atom. The van der Waals surface area contributed by atoms with E-state index < -0.39 is 0 Å². The molecule has 1 nitrogen and oxygen atoms in total. The molecule has 1 heterocycles. The normalized spacial score (nSPS) is 14.4. The van der Waals surface area contributed by atoms with Crippen LogP contribution in [0.4, 0.5) is 0 Å². The Kier molecular flexibility index (Phi) is 5.38. The van der Waals surface area contributed by atoms with Crippen molar-refractivity contribution in [2.24, 2.45) is 5.92 Å².